The molecule has 0 bridgehead atoms. The average molecular weight is 234 g/mol. The van der Waals surface area contributed by atoms with Crippen LogP contribution in [0.2, 0.25) is 0 Å². The number of hydrogen-bond donors (Lipinski definition) is 1. The molecule has 0 saturated carbocycles. The van der Waals surface area contributed by atoms with Crippen LogP contribution in [0.1, 0.15) is 58.1 Å². The van der Waals surface area contributed by atoms with Crippen LogP contribution in [-0.4, -0.2) is 11.7 Å². The van der Waals surface area contributed by atoms with Gasteiger partial charge in [-0.1, -0.05) is 58.9 Å². The van der Waals surface area contributed by atoms with Gasteiger partial charge in [-0.15, -0.1) is 0 Å². The summed E-state index contributed by atoms with van der Waals surface area (Å²) in [4.78, 5) is 0. The second-order valence-electron chi connectivity index (χ2n) is 6.23. The van der Waals surface area contributed by atoms with Gasteiger partial charge in [0, 0.05) is 6.61 Å². The van der Waals surface area contributed by atoms with Crippen molar-refractivity contribution in [3.05, 3.63) is 35.4 Å². The van der Waals surface area contributed by atoms with Gasteiger partial charge in [0.2, 0.25) is 0 Å². The van der Waals surface area contributed by atoms with Crippen LogP contribution in [0.25, 0.3) is 0 Å². The number of aliphatic hydroxyl groups excluding tert-OH is 1. The van der Waals surface area contributed by atoms with E-state index in [2.05, 4.69) is 58.9 Å². The minimum atomic E-state index is 0.211. The maximum Gasteiger partial charge on any atom is 0.0436 e. The fourth-order valence-electron chi connectivity index (χ4n) is 2.25. The number of benzene rings is 1. The summed E-state index contributed by atoms with van der Waals surface area (Å²) in [6.07, 6.45) is 0.854. The Labute approximate surface area is 106 Å². The molecule has 1 rings (SSSR count). The summed E-state index contributed by atoms with van der Waals surface area (Å²) in [5.74, 6) is 1.04. The number of hydrogen-bond acceptors (Lipinski definition) is 1. The molecular weight excluding hydrogens is 208 g/mol. The zero-order chi connectivity index (χ0) is 13.1. The highest BCUT2D eigenvalue weighted by Crippen LogP contribution is 2.30. The molecule has 0 aliphatic rings. The van der Waals surface area contributed by atoms with Crippen LogP contribution in [-0.2, 0) is 5.41 Å². The molecule has 1 atom stereocenters. The number of rotatable bonds is 4. The minimum absolute atomic E-state index is 0.211. The lowest BCUT2D eigenvalue weighted by Gasteiger charge is -2.23. The van der Waals surface area contributed by atoms with Gasteiger partial charge in [-0.3, -0.25) is 0 Å². The van der Waals surface area contributed by atoms with Gasteiger partial charge in [0.1, 0.15) is 0 Å². The van der Waals surface area contributed by atoms with Crippen molar-refractivity contribution in [3.63, 3.8) is 0 Å². The first-order valence-electron chi connectivity index (χ1n) is 6.57. The van der Waals surface area contributed by atoms with Crippen molar-refractivity contribution < 1.29 is 5.11 Å². The molecule has 0 aromatic heterocycles. The van der Waals surface area contributed by atoms with Gasteiger partial charge in [-0.05, 0) is 34.8 Å². The van der Waals surface area contributed by atoms with Crippen LogP contribution in [0.3, 0.4) is 0 Å². The van der Waals surface area contributed by atoms with Crippen molar-refractivity contribution in [2.45, 2.75) is 52.4 Å². The average Bonchev–Trinajstić information content (AvgIpc) is 2.24. The van der Waals surface area contributed by atoms with Gasteiger partial charge in [0.05, 0.1) is 0 Å². The molecule has 1 nitrogen and oxygen atoms in total. The third-order valence-corrected chi connectivity index (χ3v) is 3.45. The van der Waals surface area contributed by atoms with E-state index in [1.807, 2.05) is 0 Å². The summed E-state index contributed by atoms with van der Waals surface area (Å²) in [6, 6.07) is 8.89. The Morgan fingerprint density at radius 1 is 1.06 bits per heavy atom. The van der Waals surface area contributed by atoms with E-state index in [0.717, 1.165) is 6.42 Å². The topological polar surface area (TPSA) is 20.2 Å². The van der Waals surface area contributed by atoms with E-state index in [1.165, 1.54) is 11.1 Å². The van der Waals surface area contributed by atoms with E-state index in [-0.39, 0.29) is 12.0 Å². The molecule has 1 N–H and O–H groups in total. The molecule has 0 amide bonds. The molecule has 0 saturated heterocycles. The number of aliphatic hydroxyl groups is 1. The molecule has 1 heteroatoms. The summed E-state index contributed by atoms with van der Waals surface area (Å²) >= 11 is 0. The van der Waals surface area contributed by atoms with Gasteiger partial charge >= 0.3 is 0 Å². The summed E-state index contributed by atoms with van der Waals surface area (Å²) in [5, 5.41) is 9.13. The molecular formula is C16H26O. The Balaban J connectivity index is 2.92. The van der Waals surface area contributed by atoms with Crippen molar-refractivity contribution in [2.24, 2.45) is 5.92 Å². The van der Waals surface area contributed by atoms with Crippen molar-refractivity contribution in [1.82, 2.24) is 0 Å². The molecule has 1 unspecified atom stereocenters. The SMILES string of the molecule is CC(C)C(CCO)c1ccc(C(C)(C)C)cc1. The van der Waals surface area contributed by atoms with Crippen LogP contribution < -0.4 is 0 Å². The van der Waals surface area contributed by atoms with Gasteiger partial charge < -0.3 is 5.11 Å². The normalized spacial score (nSPS) is 14.1. The van der Waals surface area contributed by atoms with E-state index >= 15 is 0 Å². The lowest BCUT2D eigenvalue weighted by atomic mass is 9.82. The zero-order valence-corrected chi connectivity index (χ0v) is 11.8. The van der Waals surface area contributed by atoms with Crippen LogP contribution in [0, 0.1) is 5.92 Å². The molecule has 0 heterocycles. The Bertz CT molecular complexity index is 330. The highest BCUT2D eigenvalue weighted by molar-refractivity contribution is 5.29. The van der Waals surface area contributed by atoms with Gasteiger partial charge in [-0.2, -0.15) is 0 Å². The molecule has 0 aliphatic heterocycles. The van der Waals surface area contributed by atoms with E-state index in [0.29, 0.717) is 11.8 Å². The molecule has 0 spiro atoms. The molecule has 17 heavy (non-hydrogen) atoms. The molecule has 1 aromatic rings. The molecule has 0 radical (unpaired) electrons. The van der Waals surface area contributed by atoms with Gasteiger partial charge in [0.25, 0.3) is 0 Å². The lowest BCUT2D eigenvalue weighted by molar-refractivity contribution is 0.261. The first-order valence-corrected chi connectivity index (χ1v) is 6.57. The standard InChI is InChI=1S/C16H26O/c1-12(2)15(10-11-17)13-6-8-14(9-7-13)16(3,4)5/h6-9,12,15,17H,10-11H2,1-5H3. The summed E-state index contributed by atoms with van der Waals surface area (Å²) in [5.41, 5.74) is 2.93. The summed E-state index contributed by atoms with van der Waals surface area (Å²) < 4.78 is 0. The monoisotopic (exact) mass is 234 g/mol. The lowest BCUT2D eigenvalue weighted by Crippen LogP contribution is -2.12. The van der Waals surface area contributed by atoms with Crippen molar-refractivity contribution in [1.29, 1.82) is 0 Å². The maximum absolute atomic E-state index is 9.13. The quantitative estimate of drug-likeness (QED) is 0.831. The van der Waals surface area contributed by atoms with Crippen LogP contribution in [0.4, 0.5) is 0 Å². The van der Waals surface area contributed by atoms with E-state index in [1.54, 1.807) is 0 Å². The second kappa shape index (κ2) is 5.68. The first kappa shape index (κ1) is 14.2. The smallest absolute Gasteiger partial charge is 0.0436 e. The third-order valence-electron chi connectivity index (χ3n) is 3.45. The van der Waals surface area contributed by atoms with Crippen LogP contribution >= 0.6 is 0 Å². The van der Waals surface area contributed by atoms with Gasteiger partial charge in [-0.25, -0.2) is 0 Å². The second-order valence-corrected chi connectivity index (χ2v) is 6.23. The minimum Gasteiger partial charge on any atom is -0.396 e. The van der Waals surface area contributed by atoms with E-state index in [9.17, 15) is 0 Å². The van der Waals surface area contributed by atoms with Crippen molar-refractivity contribution >= 4 is 0 Å². The Morgan fingerprint density at radius 2 is 1.59 bits per heavy atom. The summed E-state index contributed by atoms with van der Waals surface area (Å²) in [6.45, 7) is 11.4. The maximum atomic E-state index is 9.13. The Morgan fingerprint density at radius 3 is 1.94 bits per heavy atom. The highest BCUT2D eigenvalue weighted by Gasteiger charge is 2.17. The highest BCUT2D eigenvalue weighted by atomic mass is 16.3. The molecule has 0 aliphatic carbocycles. The first-order chi connectivity index (χ1) is 7.86. The predicted octanol–water partition coefficient (Wildman–Crippen LogP) is 4.11. The Kier molecular flexibility index (Phi) is 4.76. The van der Waals surface area contributed by atoms with E-state index < -0.39 is 0 Å². The zero-order valence-electron chi connectivity index (χ0n) is 11.8. The van der Waals surface area contributed by atoms with Crippen LogP contribution in [0.5, 0.6) is 0 Å². The largest absolute Gasteiger partial charge is 0.396 e. The fourth-order valence-corrected chi connectivity index (χ4v) is 2.25. The third kappa shape index (κ3) is 3.85. The van der Waals surface area contributed by atoms with Gasteiger partial charge in [0.15, 0.2) is 0 Å². The molecule has 96 valence electrons. The predicted molar refractivity (Wildman–Crippen MR) is 74.4 cm³/mol. The summed E-state index contributed by atoms with van der Waals surface area (Å²) in [7, 11) is 0. The molecule has 1 aromatic carbocycles. The Hall–Kier alpha value is -0.820. The van der Waals surface area contributed by atoms with Crippen molar-refractivity contribution in [3.8, 4) is 0 Å². The fraction of sp³-hybridized carbons (Fsp3) is 0.625. The molecule has 0 fully saturated rings. The van der Waals surface area contributed by atoms with E-state index in [4.69, 9.17) is 5.11 Å². The van der Waals surface area contributed by atoms with Crippen LogP contribution in [0.15, 0.2) is 24.3 Å². The van der Waals surface area contributed by atoms with Crippen molar-refractivity contribution in [2.75, 3.05) is 6.61 Å².